The summed E-state index contributed by atoms with van der Waals surface area (Å²) in [7, 11) is 2.04. The van der Waals surface area contributed by atoms with Crippen LogP contribution in [-0.2, 0) is 0 Å². The van der Waals surface area contributed by atoms with Crippen molar-refractivity contribution in [2.24, 2.45) is 0 Å². The summed E-state index contributed by atoms with van der Waals surface area (Å²) in [5.41, 5.74) is 1.75. The van der Waals surface area contributed by atoms with Gasteiger partial charge in [-0.05, 0) is 31.5 Å². The Kier molecular flexibility index (Phi) is 2.86. The molecule has 0 bridgehead atoms. The van der Waals surface area contributed by atoms with E-state index in [1.165, 1.54) is 0 Å². The van der Waals surface area contributed by atoms with Gasteiger partial charge in [0, 0.05) is 12.6 Å². The van der Waals surface area contributed by atoms with Gasteiger partial charge >= 0.3 is 0 Å². The van der Waals surface area contributed by atoms with Gasteiger partial charge in [-0.3, -0.25) is 4.79 Å². The summed E-state index contributed by atoms with van der Waals surface area (Å²) in [6.45, 7) is 4.58. The van der Waals surface area contributed by atoms with Gasteiger partial charge in [-0.1, -0.05) is 6.92 Å². The third kappa shape index (κ3) is 1.90. The first-order chi connectivity index (χ1) is 7.61. The normalized spacial score (nSPS) is 18.9. The van der Waals surface area contributed by atoms with Crippen molar-refractivity contribution in [1.29, 1.82) is 0 Å². The van der Waals surface area contributed by atoms with Gasteiger partial charge in [0.05, 0.1) is 12.2 Å². The highest BCUT2D eigenvalue weighted by atomic mass is 16.5. The quantitative estimate of drug-likeness (QED) is 0.716. The number of carbonyl (C=O) groups is 1. The van der Waals surface area contributed by atoms with Crippen LogP contribution in [0.25, 0.3) is 0 Å². The number of ether oxygens (including phenoxy) is 1. The van der Waals surface area contributed by atoms with Gasteiger partial charge in [0.2, 0.25) is 0 Å². The van der Waals surface area contributed by atoms with Crippen LogP contribution in [0.5, 0.6) is 5.75 Å². The van der Waals surface area contributed by atoms with E-state index in [0.29, 0.717) is 0 Å². The van der Waals surface area contributed by atoms with E-state index >= 15 is 0 Å². The van der Waals surface area contributed by atoms with Crippen LogP contribution < -0.4 is 9.64 Å². The average molecular weight is 219 g/mol. The Balaban J connectivity index is 2.37. The van der Waals surface area contributed by atoms with Crippen LogP contribution in [0, 0.1) is 0 Å². The number of fused-ring (bicyclic) bond motifs is 1. The van der Waals surface area contributed by atoms with E-state index in [0.717, 1.165) is 30.0 Å². The lowest BCUT2D eigenvalue weighted by Crippen LogP contribution is -2.37. The number of Topliss-reactive ketones (excluding diaryl/α,β-unsaturated/α-hetero) is 1. The SMILES string of the molecule is CCC1CN(C)c2cc(C(C)=O)ccc2O1. The molecule has 1 aromatic rings. The van der Waals surface area contributed by atoms with Crippen LogP contribution in [0.4, 0.5) is 5.69 Å². The molecule has 1 unspecified atom stereocenters. The molecule has 0 N–H and O–H groups in total. The molecule has 86 valence electrons. The second-order valence-corrected chi connectivity index (χ2v) is 4.27. The molecular formula is C13H17NO2. The van der Waals surface area contributed by atoms with E-state index in [9.17, 15) is 4.79 Å². The Morgan fingerprint density at radius 2 is 2.31 bits per heavy atom. The monoisotopic (exact) mass is 219 g/mol. The van der Waals surface area contributed by atoms with Crippen LogP contribution in [-0.4, -0.2) is 25.5 Å². The zero-order valence-electron chi connectivity index (χ0n) is 9.99. The molecule has 0 aliphatic carbocycles. The van der Waals surface area contributed by atoms with Crippen LogP contribution in [0.15, 0.2) is 18.2 Å². The van der Waals surface area contributed by atoms with Crippen LogP contribution in [0.2, 0.25) is 0 Å². The van der Waals surface area contributed by atoms with E-state index in [1.54, 1.807) is 6.92 Å². The van der Waals surface area contributed by atoms with E-state index in [1.807, 2.05) is 25.2 Å². The van der Waals surface area contributed by atoms with Crippen molar-refractivity contribution in [2.75, 3.05) is 18.5 Å². The van der Waals surface area contributed by atoms with E-state index in [4.69, 9.17) is 4.74 Å². The largest absolute Gasteiger partial charge is 0.486 e. The zero-order chi connectivity index (χ0) is 11.7. The van der Waals surface area contributed by atoms with Gasteiger partial charge in [-0.2, -0.15) is 0 Å². The standard InChI is InChI=1S/C13H17NO2/c1-4-11-8-14(3)12-7-10(9(2)15)5-6-13(12)16-11/h5-7,11H,4,8H2,1-3H3. The van der Waals surface area contributed by atoms with Crippen molar-refractivity contribution < 1.29 is 9.53 Å². The number of carbonyl (C=O) groups excluding carboxylic acids is 1. The highest BCUT2D eigenvalue weighted by molar-refractivity contribution is 5.95. The first-order valence-electron chi connectivity index (χ1n) is 5.64. The second kappa shape index (κ2) is 4.16. The molecule has 1 heterocycles. The van der Waals surface area contributed by atoms with Crippen molar-refractivity contribution in [2.45, 2.75) is 26.4 Å². The fourth-order valence-electron chi connectivity index (χ4n) is 1.97. The smallest absolute Gasteiger partial charge is 0.159 e. The number of likely N-dealkylation sites (N-methyl/N-ethyl adjacent to an activating group) is 1. The zero-order valence-corrected chi connectivity index (χ0v) is 9.99. The second-order valence-electron chi connectivity index (χ2n) is 4.27. The summed E-state index contributed by atoms with van der Waals surface area (Å²) < 4.78 is 5.83. The van der Waals surface area contributed by atoms with Crippen molar-refractivity contribution in [1.82, 2.24) is 0 Å². The Morgan fingerprint density at radius 3 is 2.94 bits per heavy atom. The van der Waals surface area contributed by atoms with Gasteiger partial charge in [0.15, 0.2) is 5.78 Å². The number of anilines is 1. The molecule has 0 radical (unpaired) electrons. The molecule has 1 aliphatic heterocycles. The molecule has 0 fully saturated rings. The van der Waals surface area contributed by atoms with Crippen molar-refractivity contribution in [3.05, 3.63) is 23.8 Å². The molecule has 2 rings (SSSR count). The first-order valence-corrected chi connectivity index (χ1v) is 5.64. The molecule has 0 aromatic heterocycles. The van der Waals surface area contributed by atoms with E-state index in [-0.39, 0.29) is 11.9 Å². The lowest BCUT2D eigenvalue weighted by Gasteiger charge is -2.33. The third-order valence-corrected chi connectivity index (χ3v) is 3.00. The Hall–Kier alpha value is -1.51. The van der Waals surface area contributed by atoms with Gasteiger partial charge in [-0.25, -0.2) is 0 Å². The maximum Gasteiger partial charge on any atom is 0.159 e. The number of hydrogen-bond donors (Lipinski definition) is 0. The molecule has 1 aliphatic rings. The first kappa shape index (κ1) is 11.0. The summed E-state index contributed by atoms with van der Waals surface area (Å²) in [5, 5.41) is 0. The molecular weight excluding hydrogens is 202 g/mol. The molecule has 16 heavy (non-hydrogen) atoms. The number of benzene rings is 1. The number of rotatable bonds is 2. The van der Waals surface area contributed by atoms with Crippen molar-refractivity contribution in [3.63, 3.8) is 0 Å². The Bertz CT molecular complexity index is 414. The molecule has 0 saturated heterocycles. The Labute approximate surface area is 96.0 Å². The van der Waals surface area contributed by atoms with Crippen LogP contribution in [0.3, 0.4) is 0 Å². The average Bonchev–Trinajstić information content (AvgIpc) is 2.28. The predicted octanol–water partition coefficient (Wildman–Crippen LogP) is 2.50. The summed E-state index contributed by atoms with van der Waals surface area (Å²) in [4.78, 5) is 13.5. The van der Waals surface area contributed by atoms with Crippen LogP contribution in [0.1, 0.15) is 30.6 Å². The third-order valence-electron chi connectivity index (χ3n) is 3.00. The maximum absolute atomic E-state index is 11.3. The topological polar surface area (TPSA) is 29.5 Å². The van der Waals surface area contributed by atoms with Crippen LogP contribution >= 0.6 is 0 Å². The van der Waals surface area contributed by atoms with Gasteiger partial charge in [0.25, 0.3) is 0 Å². The molecule has 3 heteroatoms. The summed E-state index contributed by atoms with van der Waals surface area (Å²) in [5.74, 6) is 0.972. The minimum absolute atomic E-state index is 0.0915. The fourth-order valence-corrected chi connectivity index (χ4v) is 1.97. The number of nitrogens with zero attached hydrogens (tertiary/aromatic N) is 1. The van der Waals surface area contributed by atoms with E-state index < -0.39 is 0 Å². The predicted molar refractivity (Wildman–Crippen MR) is 64.4 cm³/mol. The van der Waals surface area contributed by atoms with E-state index in [2.05, 4.69) is 11.8 Å². The minimum atomic E-state index is 0.0915. The lowest BCUT2D eigenvalue weighted by atomic mass is 10.1. The molecule has 0 saturated carbocycles. The van der Waals surface area contributed by atoms with Gasteiger partial charge < -0.3 is 9.64 Å². The fraction of sp³-hybridized carbons (Fsp3) is 0.462. The van der Waals surface area contributed by atoms with Crippen molar-refractivity contribution in [3.8, 4) is 5.75 Å². The number of ketones is 1. The highest BCUT2D eigenvalue weighted by Crippen LogP contribution is 2.33. The molecule has 1 atom stereocenters. The van der Waals surface area contributed by atoms with Crippen molar-refractivity contribution >= 4 is 11.5 Å². The molecule has 1 aromatic carbocycles. The summed E-state index contributed by atoms with van der Waals surface area (Å²) in [6, 6.07) is 5.63. The summed E-state index contributed by atoms with van der Waals surface area (Å²) in [6.07, 6.45) is 1.25. The molecule has 3 nitrogen and oxygen atoms in total. The minimum Gasteiger partial charge on any atom is -0.486 e. The molecule has 0 amide bonds. The lowest BCUT2D eigenvalue weighted by molar-refractivity contribution is 0.101. The van der Waals surface area contributed by atoms with Gasteiger partial charge in [0.1, 0.15) is 11.9 Å². The molecule has 0 spiro atoms. The summed E-state index contributed by atoms with van der Waals surface area (Å²) >= 11 is 0. The Morgan fingerprint density at radius 1 is 1.56 bits per heavy atom. The highest BCUT2D eigenvalue weighted by Gasteiger charge is 2.22. The van der Waals surface area contributed by atoms with Gasteiger partial charge in [-0.15, -0.1) is 0 Å². The maximum atomic E-state index is 11.3. The number of hydrogen-bond acceptors (Lipinski definition) is 3.